The smallest absolute Gasteiger partial charge is 0.307 e. The normalized spacial score (nSPS) is 25.9. The fourth-order valence-corrected chi connectivity index (χ4v) is 2.74. The van der Waals surface area contributed by atoms with E-state index >= 15 is 0 Å². The molecule has 0 aromatic heterocycles. The van der Waals surface area contributed by atoms with Gasteiger partial charge in [0.1, 0.15) is 0 Å². The third-order valence-electron chi connectivity index (χ3n) is 3.77. The zero-order valence-electron chi connectivity index (χ0n) is 12.7. The van der Waals surface area contributed by atoms with Crippen molar-refractivity contribution in [2.75, 3.05) is 13.2 Å². The van der Waals surface area contributed by atoms with E-state index in [9.17, 15) is 9.59 Å². The number of carbonyl (C=O) groups excluding carboxylic acids is 1. The standard InChI is InChI=1S/C15H27NO4/c1-10(2)20-7-5-4-6-16-14(17)12-8-11(3)9-13(12)15(18)19/h10-13H,4-9H2,1-3H3,(H,16,17)(H,18,19)/t11?,12-,13+/m0/s1. The number of ether oxygens (including phenoxy) is 1. The van der Waals surface area contributed by atoms with E-state index in [0.29, 0.717) is 31.9 Å². The molecule has 0 aromatic rings. The monoisotopic (exact) mass is 285 g/mol. The van der Waals surface area contributed by atoms with Crippen LogP contribution in [0.25, 0.3) is 0 Å². The number of amides is 1. The molecule has 20 heavy (non-hydrogen) atoms. The first-order valence-corrected chi connectivity index (χ1v) is 7.54. The molecule has 2 N–H and O–H groups in total. The maximum Gasteiger partial charge on any atom is 0.307 e. The number of nitrogens with one attached hydrogen (secondary N) is 1. The highest BCUT2D eigenvalue weighted by Gasteiger charge is 2.40. The van der Waals surface area contributed by atoms with Crippen molar-refractivity contribution in [3.05, 3.63) is 0 Å². The van der Waals surface area contributed by atoms with Gasteiger partial charge in [-0.2, -0.15) is 0 Å². The highest BCUT2D eigenvalue weighted by atomic mass is 16.5. The molecule has 1 aliphatic carbocycles. The van der Waals surface area contributed by atoms with E-state index in [1.807, 2.05) is 20.8 Å². The maximum atomic E-state index is 12.0. The van der Waals surface area contributed by atoms with Crippen LogP contribution < -0.4 is 5.32 Å². The summed E-state index contributed by atoms with van der Waals surface area (Å²) in [7, 11) is 0. The highest BCUT2D eigenvalue weighted by molar-refractivity contribution is 5.85. The minimum absolute atomic E-state index is 0.105. The zero-order chi connectivity index (χ0) is 15.1. The summed E-state index contributed by atoms with van der Waals surface area (Å²) in [4.78, 5) is 23.2. The third-order valence-corrected chi connectivity index (χ3v) is 3.77. The van der Waals surface area contributed by atoms with Gasteiger partial charge in [-0.25, -0.2) is 0 Å². The first kappa shape index (κ1) is 17.0. The molecule has 0 aliphatic heterocycles. The van der Waals surface area contributed by atoms with Crippen LogP contribution in [0.2, 0.25) is 0 Å². The van der Waals surface area contributed by atoms with Gasteiger partial charge in [-0.1, -0.05) is 6.92 Å². The van der Waals surface area contributed by atoms with Gasteiger partial charge in [0.15, 0.2) is 0 Å². The van der Waals surface area contributed by atoms with Crippen molar-refractivity contribution in [2.45, 2.75) is 52.6 Å². The molecule has 0 spiro atoms. The molecule has 5 heteroatoms. The lowest BCUT2D eigenvalue weighted by Crippen LogP contribution is -2.35. The summed E-state index contributed by atoms with van der Waals surface area (Å²) in [6, 6.07) is 0. The minimum Gasteiger partial charge on any atom is -0.481 e. The van der Waals surface area contributed by atoms with Crippen molar-refractivity contribution in [1.82, 2.24) is 5.32 Å². The predicted octanol–water partition coefficient (Wildman–Crippen LogP) is 2.05. The van der Waals surface area contributed by atoms with Crippen LogP contribution in [0.3, 0.4) is 0 Å². The van der Waals surface area contributed by atoms with Gasteiger partial charge >= 0.3 is 5.97 Å². The number of carboxylic acids is 1. The van der Waals surface area contributed by atoms with Crippen LogP contribution in [-0.4, -0.2) is 36.2 Å². The second kappa shape index (κ2) is 8.25. The Bertz CT molecular complexity index is 330. The summed E-state index contributed by atoms with van der Waals surface area (Å²) in [5.41, 5.74) is 0. The predicted molar refractivity (Wildman–Crippen MR) is 76.3 cm³/mol. The molecule has 1 amide bonds. The average molecular weight is 285 g/mol. The highest BCUT2D eigenvalue weighted by Crippen LogP contribution is 2.36. The van der Waals surface area contributed by atoms with Gasteiger partial charge in [0, 0.05) is 13.2 Å². The Morgan fingerprint density at radius 3 is 2.50 bits per heavy atom. The molecule has 1 fully saturated rings. The van der Waals surface area contributed by atoms with Crippen molar-refractivity contribution >= 4 is 11.9 Å². The number of aliphatic carboxylic acids is 1. The molecule has 1 aliphatic rings. The van der Waals surface area contributed by atoms with E-state index < -0.39 is 11.9 Å². The Kier molecular flexibility index (Phi) is 6.99. The van der Waals surface area contributed by atoms with Crippen molar-refractivity contribution < 1.29 is 19.4 Å². The van der Waals surface area contributed by atoms with Crippen molar-refractivity contribution in [3.8, 4) is 0 Å². The number of carbonyl (C=O) groups is 2. The summed E-state index contributed by atoms with van der Waals surface area (Å²) in [6.07, 6.45) is 3.29. The molecule has 0 bridgehead atoms. The molecular weight excluding hydrogens is 258 g/mol. The summed E-state index contributed by atoms with van der Waals surface area (Å²) in [5.74, 6) is -1.53. The van der Waals surface area contributed by atoms with Crippen LogP contribution in [0.5, 0.6) is 0 Å². The van der Waals surface area contributed by atoms with Gasteiger partial charge in [-0.05, 0) is 45.4 Å². The summed E-state index contributed by atoms with van der Waals surface area (Å²) < 4.78 is 5.42. The molecule has 116 valence electrons. The molecule has 5 nitrogen and oxygen atoms in total. The molecule has 1 rings (SSSR count). The average Bonchev–Trinajstić information content (AvgIpc) is 2.75. The Balaban J connectivity index is 2.23. The van der Waals surface area contributed by atoms with E-state index in [4.69, 9.17) is 9.84 Å². The molecule has 1 unspecified atom stereocenters. The zero-order valence-corrected chi connectivity index (χ0v) is 12.7. The first-order chi connectivity index (χ1) is 9.41. The number of rotatable bonds is 8. The van der Waals surface area contributed by atoms with Crippen molar-refractivity contribution in [1.29, 1.82) is 0 Å². The summed E-state index contributed by atoms with van der Waals surface area (Å²) in [6.45, 7) is 7.29. The number of unbranched alkanes of at least 4 members (excludes halogenated alkanes) is 1. The van der Waals surface area contributed by atoms with Gasteiger partial charge in [-0.3, -0.25) is 9.59 Å². The Labute approximate surface area is 121 Å². The van der Waals surface area contributed by atoms with Crippen LogP contribution in [0, 0.1) is 17.8 Å². The molecule has 3 atom stereocenters. The van der Waals surface area contributed by atoms with E-state index in [1.165, 1.54) is 0 Å². The minimum atomic E-state index is -0.847. The molecule has 0 aromatic carbocycles. The molecule has 0 radical (unpaired) electrons. The topological polar surface area (TPSA) is 75.6 Å². The van der Waals surface area contributed by atoms with E-state index in [0.717, 1.165) is 12.8 Å². The van der Waals surface area contributed by atoms with Gasteiger partial charge in [0.2, 0.25) is 5.91 Å². The largest absolute Gasteiger partial charge is 0.481 e. The Morgan fingerprint density at radius 1 is 1.25 bits per heavy atom. The van der Waals surface area contributed by atoms with Gasteiger partial charge in [0.25, 0.3) is 0 Å². The van der Waals surface area contributed by atoms with Crippen molar-refractivity contribution in [3.63, 3.8) is 0 Å². The second-order valence-electron chi connectivity index (χ2n) is 6.05. The van der Waals surface area contributed by atoms with Crippen molar-refractivity contribution in [2.24, 2.45) is 17.8 Å². The fourth-order valence-electron chi connectivity index (χ4n) is 2.74. The molecule has 1 saturated carbocycles. The lowest BCUT2D eigenvalue weighted by atomic mass is 9.95. The van der Waals surface area contributed by atoms with Crippen LogP contribution >= 0.6 is 0 Å². The molecule has 0 saturated heterocycles. The summed E-state index contributed by atoms with van der Waals surface area (Å²) in [5, 5.41) is 12.0. The lowest BCUT2D eigenvalue weighted by Gasteiger charge is -2.15. The van der Waals surface area contributed by atoms with E-state index in [-0.39, 0.29) is 17.9 Å². The van der Waals surface area contributed by atoms with E-state index in [2.05, 4.69) is 5.32 Å². The van der Waals surface area contributed by atoms with Gasteiger partial charge in [0.05, 0.1) is 17.9 Å². The summed E-state index contributed by atoms with van der Waals surface area (Å²) >= 11 is 0. The second-order valence-corrected chi connectivity index (χ2v) is 6.05. The van der Waals surface area contributed by atoms with Crippen LogP contribution in [-0.2, 0) is 14.3 Å². The lowest BCUT2D eigenvalue weighted by molar-refractivity contribution is -0.146. The van der Waals surface area contributed by atoms with Gasteiger partial charge in [-0.15, -0.1) is 0 Å². The Hall–Kier alpha value is -1.10. The molecule has 0 heterocycles. The maximum absolute atomic E-state index is 12.0. The van der Waals surface area contributed by atoms with Crippen LogP contribution in [0.4, 0.5) is 0 Å². The number of hydrogen-bond acceptors (Lipinski definition) is 3. The van der Waals surface area contributed by atoms with Crippen LogP contribution in [0.1, 0.15) is 46.5 Å². The SMILES string of the molecule is CC1C[C@H](C(=O)NCCCCOC(C)C)[C@H](C(=O)O)C1. The first-order valence-electron chi connectivity index (χ1n) is 7.54. The fraction of sp³-hybridized carbons (Fsp3) is 0.867. The van der Waals surface area contributed by atoms with Crippen LogP contribution in [0.15, 0.2) is 0 Å². The quantitative estimate of drug-likeness (QED) is 0.669. The molecular formula is C15H27NO4. The Morgan fingerprint density at radius 2 is 1.90 bits per heavy atom. The number of hydrogen-bond donors (Lipinski definition) is 2. The van der Waals surface area contributed by atoms with E-state index in [1.54, 1.807) is 0 Å². The third kappa shape index (κ3) is 5.49. The van der Waals surface area contributed by atoms with Gasteiger partial charge < -0.3 is 15.2 Å². The number of carboxylic acid groups (broad SMARTS) is 1.